The van der Waals surface area contributed by atoms with Gasteiger partial charge in [0.25, 0.3) is 0 Å². The van der Waals surface area contributed by atoms with Crippen LogP contribution in [0.1, 0.15) is 25.3 Å². The van der Waals surface area contributed by atoms with Crippen LogP contribution in [-0.4, -0.2) is 12.0 Å². The van der Waals surface area contributed by atoms with Gasteiger partial charge in [-0.3, -0.25) is 0 Å². The number of halogens is 2. The van der Waals surface area contributed by atoms with Gasteiger partial charge in [0.1, 0.15) is 17.8 Å². The summed E-state index contributed by atoms with van der Waals surface area (Å²) in [5.41, 5.74) is -1.30. The normalized spacial score (nSPS) is 13.7. The number of rotatable bonds is 3. The van der Waals surface area contributed by atoms with Crippen molar-refractivity contribution in [3.05, 3.63) is 35.6 Å². The first kappa shape index (κ1) is 10.8. The largest absolute Gasteiger partial charge is 0.303 e. The molecule has 1 atom stereocenters. The van der Waals surface area contributed by atoms with Gasteiger partial charge < -0.3 is 4.79 Å². The van der Waals surface area contributed by atoms with E-state index in [9.17, 15) is 13.6 Å². The summed E-state index contributed by atoms with van der Waals surface area (Å²) in [6.07, 6.45) is 0.509. The molecule has 0 saturated carbocycles. The molecule has 0 fully saturated rings. The Hall–Kier alpha value is -1.25. The summed E-state index contributed by atoms with van der Waals surface area (Å²) in [5, 5.41) is 0. The Bertz CT molecular complexity index is 328. The zero-order valence-corrected chi connectivity index (χ0v) is 8.13. The summed E-state index contributed by atoms with van der Waals surface area (Å²) in [7, 11) is 0. The summed E-state index contributed by atoms with van der Waals surface area (Å²) in [6, 6.07) is 5.45. The Labute approximate surface area is 81.7 Å². The van der Waals surface area contributed by atoms with Gasteiger partial charge in [-0.15, -0.1) is 0 Å². The molecule has 1 nitrogen and oxygen atoms in total. The van der Waals surface area contributed by atoms with Gasteiger partial charge in [-0.1, -0.05) is 12.1 Å². The molecular formula is C11H12F2O. The number of aldehydes is 1. The minimum atomic E-state index is -1.67. The standard InChI is InChI=1S/C11H12F2O/c1-11(2,13)10(7-14)8-4-3-5-9(12)6-8/h3-7,10H,1-2H3. The summed E-state index contributed by atoms with van der Waals surface area (Å²) in [5.74, 6) is -1.38. The maximum atomic E-state index is 13.5. The fourth-order valence-electron chi connectivity index (χ4n) is 1.34. The van der Waals surface area contributed by atoms with Gasteiger partial charge in [-0.25, -0.2) is 8.78 Å². The van der Waals surface area contributed by atoms with Crippen LogP contribution in [0.5, 0.6) is 0 Å². The average molecular weight is 198 g/mol. The fourth-order valence-corrected chi connectivity index (χ4v) is 1.34. The van der Waals surface area contributed by atoms with Crippen molar-refractivity contribution in [2.75, 3.05) is 0 Å². The number of benzene rings is 1. The van der Waals surface area contributed by atoms with Crippen LogP contribution in [-0.2, 0) is 4.79 Å². The van der Waals surface area contributed by atoms with Crippen LogP contribution >= 0.6 is 0 Å². The zero-order chi connectivity index (χ0) is 10.8. The van der Waals surface area contributed by atoms with Gasteiger partial charge in [0.15, 0.2) is 0 Å². The molecule has 0 aromatic heterocycles. The average Bonchev–Trinajstić information content (AvgIpc) is 2.02. The molecule has 1 unspecified atom stereocenters. The quantitative estimate of drug-likeness (QED) is 0.682. The van der Waals surface area contributed by atoms with Crippen LogP contribution in [0.2, 0.25) is 0 Å². The van der Waals surface area contributed by atoms with Gasteiger partial charge >= 0.3 is 0 Å². The molecule has 0 N–H and O–H groups in total. The first-order chi connectivity index (χ1) is 6.45. The molecule has 0 saturated heterocycles. The SMILES string of the molecule is CC(C)(F)C(C=O)c1cccc(F)c1. The Balaban J connectivity index is 3.07. The van der Waals surface area contributed by atoms with E-state index in [1.165, 1.54) is 32.0 Å². The number of carbonyl (C=O) groups is 1. The molecule has 0 spiro atoms. The first-order valence-electron chi connectivity index (χ1n) is 4.35. The third kappa shape index (κ3) is 2.37. The maximum Gasteiger partial charge on any atom is 0.130 e. The minimum absolute atomic E-state index is 0.368. The van der Waals surface area contributed by atoms with Crippen LogP contribution < -0.4 is 0 Å². The Morgan fingerprint density at radius 2 is 2.07 bits per heavy atom. The van der Waals surface area contributed by atoms with Crippen molar-refractivity contribution in [2.24, 2.45) is 0 Å². The van der Waals surface area contributed by atoms with E-state index in [-0.39, 0.29) is 0 Å². The van der Waals surface area contributed by atoms with Crippen LogP contribution in [0.4, 0.5) is 8.78 Å². The molecule has 0 bridgehead atoms. The van der Waals surface area contributed by atoms with Crippen LogP contribution in [0.3, 0.4) is 0 Å². The summed E-state index contributed by atoms with van der Waals surface area (Å²) in [6.45, 7) is 2.61. The lowest BCUT2D eigenvalue weighted by Crippen LogP contribution is -2.25. The molecule has 1 aromatic rings. The van der Waals surface area contributed by atoms with Gasteiger partial charge in [0.2, 0.25) is 0 Å². The van der Waals surface area contributed by atoms with E-state index in [0.717, 1.165) is 0 Å². The van der Waals surface area contributed by atoms with Crippen LogP contribution in [0.25, 0.3) is 0 Å². The maximum absolute atomic E-state index is 13.5. The Kier molecular flexibility index (Phi) is 2.99. The molecule has 76 valence electrons. The molecule has 1 aromatic carbocycles. The van der Waals surface area contributed by atoms with Crippen molar-refractivity contribution in [2.45, 2.75) is 25.4 Å². The molecule has 0 radical (unpaired) electrons. The number of hydrogen-bond acceptors (Lipinski definition) is 1. The van der Waals surface area contributed by atoms with Crippen molar-refractivity contribution in [3.63, 3.8) is 0 Å². The minimum Gasteiger partial charge on any atom is -0.303 e. The second kappa shape index (κ2) is 3.86. The van der Waals surface area contributed by atoms with E-state index in [1.807, 2.05) is 0 Å². The van der Waals surface area contributed by atoms with Crippen molar-refractivity contribution in [3.8, 4) is 0 Å². The third-order valence-corrected chi connectivity index (χ3v) is 2.08. The van der Waals surface area contributed by atoms with Crippen molar-refractivity contribution >= 4 is 6.29 Å². The van der Waals surface area contributed by atoms with E-state index >= 15 is 0 Å². The molecule has 3 heteroatoms. The number of carbonyl (C=O) groups excluding carboxylic acids is 1. The highest BCUT2D eigenvalue weighted by Gasteiger charge is 2.30. The highest BCUT2D eigenvalue weighted by Crippen LogP contribution is 2.29. The lowest BCUT2D eigenvalue weighted by atomic mass is 9.87. The topological polar surface area (TPSA) is 17.1 Å². The molecule has 0 aliphatic heterocycles. The predicted octanol–water partition coefficient (Wildman–Crippen LogP) is 2.86. The smallest absolute Gasteiger partial charge is 0.130 e. The van der Waals surface area contributed by atoms with Crippen molar-refractivity contribution in [1.82, 2.24) is 0 Å². The first-order valence-corrected chi connectivity index (χ1v) is 4.35. The summed E-state index contributed by atoms with van der Waals surface area (Å²) in [4.78, 5) is 10.7. The van der Waals surface area contributed by atoms with E-state index < -0.39 is 17.4 Å². The summed E-state index contributed by atoms with van der Waals surface area (Å²) < 4.78 is 26.3. The van der Waals surface area contributed by atoms with Crippen molar-refractivity contribution in [1.29, 1.82) is 0 Å². The molecule has 1 rings (SSSR count). The van der Waals surface area contributed by atoms with E-state index in [4.69, 9.17) is 0 Å². The van der Waals surface area contributed by atoms with Crippen LogP contribution in [0, 0.1) is 5.82 Å². The van der Waals surface area contributed by atoms with E-state index in [2.05, 4.69) is 0 Å². The highest BCUT2D eigenvalue weighted by atomic mass is 19.1. The highest BCUT2D eigenvalue weighted by molar-refractivity contribution is 5.64. The predicted molar refractivity (Wildman–Crippen MR) is 50.4 cm³/mol. The van der Waals surface area contributed by atoms with Crippen molar-refractivity contribution < 1.29 is 13.6 Å². The Morgan fingerprint density at radius 3 is 2.50 bits per heavy atom. The molecular weight excluding hydrogens is 186 g/mol. The molecule has 0 amide bonds. The van der Waals surface area contributed by atoms with Crippen LogP contribution in [0.15, 0.2) is 24.3 Å². The zero-order valence-electron chi connectivity index (χ0n) is 8.13. The third-order valence-electron chi connectivity index (χ3n) is 2.08. The van der Waals surface area contributed by atoms with Gasteiger partial charge in [-0.2, -0.15) is 0 Å². The van der Waals surface area contributed by atoms with E-state index in [1.54, 1.807) is 6.07 Å². The fraction of sp³-hybridized carbons (Fsp3) is 0.364. The van der Waals surface area contributed by atoms with Gasteiger partial charge in [0, 0.05) is 0 Å². The second-order valence-electron chi connectivity index (χ2n) is 3.73. The van der Waals surface area contributed by atoms with E-state index in [0.29, 0.717) is 11.8 Å². The molecule has 0 aliphatic carbocycles. The molecule has 14 heavy (non-hydrogen) atoms. The second-order valence-corrected chi connectivity index (χ2v) is 3.73. The monoisotopic (exact) mass is 198 g/mol. The summed E-state index contributed by atoms with van der Waals surface area (Å²) >= 11 is 0. The molecule has 0 aliphatic rings. The number of alkyl halides is 1. The lowest BCUT2D eigenvalue weighted by molar-refractivity contribution is -0.111. The lowest BCUT2D eigenvalue weighted by Gasteiger charge is -2.22. The van der Waals surface area contributed by atoms with Gasteiger partial charge in [-0.05, 0) is 31.5 Å². The van der Waals surface area contributed by atoms with Gasteiger partial charge in [0.05, 0.1) is 5.92 Å². The molecule has 0 heterocycles. The number of hydrogen-bond donors (Lipinski definition) is 0. The Morgan fingerprint density at radius 1 is 1.43 bits per heavy atom.